The van der Waals surface area contributed by atoms with Gasteiger partial charge in [-0.2, -0.15) is 0 Å². The molecule has 1 aliphatic rings. The number of carbonyl (C=O) groups excluding carboxylic acids is 1. The molecule has 0 unspecified atom stereocenters. The van der Waals surface area contributed by atoms with E-state index >= 15 is 0 Å². The highest BCUT2D eigenvalue weighted by atomic mass is 16.3. The fourth-order valence-corrected chi connectivity index (χ4v) is 2.95. The molecule has 2 rings (SSSR count). The molecular formula is C16H26N2O2. The maximum Gasteiger partial charge on any atom is 0.268 e. The van der Waals surface area contributed by atoms with Crippen LogP contribution in [-0.2, 0) is 6.54 Å². The lowest BCUT2D eigenvalue weighted by Gasteiger charge is -2.26. The lowest BCUT2D eigenvalue weighted by molar-refractivity contribution is 0.0245. The molecule has 0 spiro atoms. The molecule has 0 saturated heterocycles. The highest BCUT2D eigenvalue weighted by molar-refractivity contribution is 5.92. The predicted molar refractivity (Wildman–Crippen MR) is 79.7 cm³/mol. The summed E-state index contributed by atoms with van der Waals surface area (Å²) in [5.74, 6) is -0.0823. The number of carbonyl (C=O) groups is 1. The first-order valence-corrected chi connectivity index (χ1v) is 7.80. The van der Waals surface area contributed by atoms with Crippen LogP contribution in [0, 0.1) is 0 Å². The van der Waals surface area contributed by atoms with Gasteiger partial charge in [-0.25, -0.2) is 0 Å². The molecule has 1 aromatic rings. The second-order valence-electron chi connectivity index (χ2n) is 5.91. The van der Waals surface area contributed by atoms with Crippen LogP contribution in [-0.4, -0.2) is 27.7 Å². The Morgan fingerprint density at radius 1 is 1.35 bits per heavy atom. The molecule has 1 aromatic heterocycles. The van der Waals surface area contributed by atoms with Gasteiger partial charge < -0.3 is 15.0 Å². The summed E-state index contributed by atoms with van der Waals surface area (Å²) in [5.41, 5.74) is -0.0296. The number of hydrogen-bond acceptors (Lipinski definition) is 2. The number of nitrogens with one attached hydrogen (secondary N) is 1. The van der Waals surface area contributed by atoms with Crippen LogP contribution >= 0.6 is 0 Å². The van der Waals surface area contributed by atoms with Gasteiger partial charge in [-0.1, -0.05) is 32.6 Å². The first kappa shape index (κ1) is 15.1. The molecule has 0 aromatic carbocycles. The topological polar surface area (TPSA) is 54.3 Å². The van der Waals surface area contributed by atoms with E-state index in [1.807, 2.05) is 22.9 Å². The second-order valence-corrected chi connectivity index (χ2v) is 5.91. The van der Waals surface area contributed by atoms with E-state index < -0.39 is 5.60 Å². The van der Waals surface area contributed by atoms with Crippen molar-refractivity contribution in [2.75, 3.05) is 6.54 Å². The van der Waals surface area contributed by atoms with E-state index in [0.29, 0.717) is 12.2 Å². The number of aromatic nitrogens is 1. The molecule has 1 amide bonds. The molecular weight excluding hydrogens is 252 g/mol. The van der Waals surface area contributed by atoms with Crippen LogP contribution in [0.1, 0.15) is 62.4 Å². The quantitative estimate of drug-likeness (QED) is 0.814. The first-order chi connectivity index (χ1) is 9.64. The van der Waals surface area contributed by atoms with Crippen LogP contribution in [0.3, 0.4) is 0 Å². The van der Waals surface area contributed by atoms with E-state index in [4.69, 9.17) is 0 Å². The molecule has 1 fully saturated rings. The number of nitrogens with zero attached hydrogens (tertiary/aromatic N) is 1. The number of rotatable bonds is 5. The first-order valence-electron chi connectivity index (χ1n) is 7.80. The van der Waals surface area contributed by atoms with Crippen LogP contribution in [0.5, 0.6) is 0 Å². The minimum absolute atomic E-state index is 0.0823. The molecule has 0 aliphatic heterocycles. The third-order valence-electron chi connectivity index (χ3n) is 4.14. The maximum absolute atomic E-state index is 12.2. The molecule has 0 radical (unpaired) electrons. The van der Waals surface area contributed by atoms with Crippen molar-refractivity contribution in [2.45, 2.75) is 64.0 Å². The molecule has 1 heterocycles. The fourth-order valence-electron chi connectivity index (χ4n) is 2.95. The van der Waals surface area contributed by atoms with E-state index in [9.17, 15) is 9.90 Å². The molecule has 1 aliphatic carbocycles. The predicted octanol–water partition coefficient (Wildman–Crippen LogP) is 2.71. The summed E-state index contributed by atoms with van der Waals surface area (Å²) >= 11 is 0. The molecule has 20 heavy (non-hydrogen) atoms. The molecule has 1 saturated carbocycles. The summed E-state index contributed by atoms with van der Waals surface area (Å²) in [7, 11) is 0. The third-order valence-corrected chi connectivity index (χ3v) is 4.14. The van der Waals surface area contributed by atoms with Crippen molar-refractivity contribution in [1.29, 1.82) is 0 Å². The monoisotopic (exact) mass is 278 g/mol. The summed E-state index contributed by atoms with van der Waals surface area (Å²) in [6, 6.07) is 3.73. The second kappa shape index (κ2) is 6.93. The summed E-state index contributed by atoms with van der Waals surface area (Å²) in [6.07, 6.45) is 9.01. The summed E-state index contributed by atoms with van der Waals surface area (Å²) in [5, 5.41) is 13.5. The Morgan fingerprint density at radius 2 is 2.05 bits per heavy atom. The zero-order valence-electron chi connectivity index (χ0n) is 12.4. The van der Waals surface area contributed by atoms with Crippen molar-refractivity contribution < 1.29 is 9.90 Å². The SMILES string of the molecule is CCCn1cccc1C(=O)NCC1(O)CCCCCC1. The molecule has 112 valence electrons. The van der Waals surface area contributed by atoms with Crippen molar-refractivity contribution in [3.63, 3.8) is 0 Å². The van der Waals surface area contributed by atoms with Crippen molar-refractivity contribution in [3.8, 4) is 0 Å². The van der Waals surface area contributed by atoms with Crippen LogP contribution in [0.15, 0.2) is 18.3 Å². The fraction of sp³-hybridized carbons (Fsp3) is 0.688. The van der Waals surface area contributed by atoms with Gasteiger partial charge in [0, 0.05) is 19.3 Å². The van der Waals surface area contributed by atoms with Gasteiger partial charge in [-0.15, -0.1) is 0 Å². The number of hydrogen-bond donors (Lipinski definition) is 2. The lowest BCUT2D eigenvalue weighted by Crippen LogP contribution is -2.43. The van der Waals surface area contributed by atoms with Crippen molar-refractivity contribution >= 4 is 5.91 Å². The summed E-state index contributed by atoms with van der Waals surface area (Å²) < 4.78 is 1.96. The van der Waals surface area contributed by atoms with E-state index in [2.05, 4.69) is 12.2 Å². The van der Waals surface area contributed by atoms with Gasteiger partial charge in [-0.3, -0.25) is 4.79 Å². The van der Waals surface area contributed by atoms with Gasteiger partial charge in [0.05, 0.1) is 5.60 Å². The maximum atomic E-state index is 12.2. The van der Waals surface area contributed by atoms with Crippen LogP contribution in [0.2, 0.25) is 0 Å². The van der Waals surface area contributed by atoms with Crippen LogP contribution < -0.4 is 5.32 Å². The largest absolute Gasteiger partial charge is 0.388 e. The Hall–Kier alpha value is -1.29. The van der Waals surface area contributed by atoms with Gasteiger partial charge in [-0.05, 0) is 31.4 Å². The highest BCUT2D eigenvalue weighted by Crippen LogP contribution is 2.26. The van der Waals surface area contributed by atoms with Gasteiger partial charge in [0.1, 0.15) is 5.69 Å². The summed E-state index contributed by atoms with van der Waals surface area (Å²) in [6.45, 7) is 3.30. The van der Waals surface area contributed by atoms with Gasteiger partial charge in [0.2, 0.25) is 0 Å². The smallest absolute Gasteiger partial charge is 0.268 e. The molecule has 4 heteroatoms. The van der Waals surface area contributed by atoms with Crippen LogP contribution in [0.25, 0.3) is 0 Å². The van der Waals surface area contributed by atoms with E-state index in [1.165, 1.54) is 12.8 Å². The van der Waals surface area contributed by atoms with Crippen molar-refractivity contribution in [1.82, 2.24) is 9.88 Å². The average molecular weight is 278 g/mol. The number of aryl methyl sites for hydroxylation is 1. The zero-order chi connectivity index (χ0) is 14.4. The molecule has 4 nitrogen and oxygen atoms in total. The van der Waals surface area contributed by atoms with Gasteiger partial charge >= 0.3 is 0 Å². The zero-order valence-corrected chi connectivity index (χ0v) is 12.4. The highest BCUT2D eigenvalue weighted by Gasteiger charge is 2.28. The third kappa shape index (κ3) is 3.85. The van der Waals surface area contributed by atoms with Crippen LogP contribution in [0.4, 0.5) is 0 Å². The Bertz CT molecular complexity index is 431. The van der Waals surface area contributed by atoms with E-state index in [1.54, 1.807) is 0 Å². The van der Waals surface area contributed by atoms with Crippen molar-refractivity contribution in [3.05, 3.63) is 24.0 Å². The summed E-state index contributed by atoms with van der Waals surface area (Å²) in [4.78, 5) is 12.2. The number of aliphatic hydroxyl groups is 1. The van der Waals surface area contributed by atoms with Gasteiger partial charge in [0.15, 0.2) is 0 Å². The molecule has 2 N–H and O–H groups in total. The lowest BCUT2D eigenvalue weighted by atomic mass is 9.94. The van der Waals surface area contributed by atoms with E-state index in [0.717, 1.165) is 38.6 Å². The molecule has 0 bridgehead atoms. The Kier molecular flexibility index (Phi) is 5.24. The Labute approximate surface area is 121 Å². The average Bonchev–Trinajstić information content (AvgIpc) is 2.78. The number of amides is 1. The standard InChI is InChI=1S/C16H26N2O2/c1-2-11-18-12-7-8-14(18)15(19)17-13-16(20)9-5-3-4-6-10-16/h7-8,12,20H,2-6,9-11,13H2,1H3,(H,17,19). The minimum atomic E-state index is -0.714. The Morgan fingerprint density at radius 3 is 2.70 bits per heavy atom. The Balaban J connectivity index is 1.92. The molecule has 0 atom stereocenters. The normalized spacial score (nSPS) is 18.5. The van der Waals surface area contributed by atoms with Gasteiger partial charge in [0.25, 0.3) is 5.91 Å². The van der Waals surface area contributed by atoms with Crippen molar-refractivity contribution in [2.24, 2.45) is 0 Å². The van der Waals surface area contributed by atoms with E-state index in [-0.39, 0.29) is 5.91 Å². The minimum Gasteiger partial charge on any atom is -0.388 e.